The Labute approximate surface area is 201 Å². The van der Waals surface area contributed by atoms with Gasteiger partial charge in [-0.05, 0) is 67.6 Å². The van der Waals surface area contributed by atoms with Gasteiger partial charge in [0.25, 0.3) is 0 Å². The minimum atomic E-state index is -0.558. The summed E-state index contributed by atoms with van der Waals surface area (Å²) in [6, 6.07) is 8.30. The van der Waals surface area contributed by atoms with E-state index in [1.165, 1.54) is 25.0 Å². The molecule has 0 N–H and O–H groups in total. The number of thiophene rings is 1. The van der Waals surface area contributed by atoms with E-state index in [0.29, 0.717) is 19.6 Å². The SMILES string of the molecule is Cc1ccsc1CN(Cc1ccc(F)cc1)C(=O)CN(CCN1CCCC1)C(=O)C(C)(C)C. The summed E-state index contributed by atoms with van der Waals surface area (Å²) >= 11 is 1.62. The van der Waals surface area contributed by atoms with Gasteiger partial charge in [0.2, 0.25) is 11.8 Å². The van der Waals surface area contributed by atoms with Gasteiger partial charge in [-0.25, -0.2) is 4.39 Å². The summed E-state index contributed by atoms with van der Waals surface area (Å²) in [7, 11) is 0. The number of rotatable bonds is 9. The molecule has 33 heavy (non-hydrogen) atoms. The van der Waals surface area contributed by atoms with Gasteiger partial charge in [0.05, 0.1) is 13.1 Å². The van der Waals surface area contributed by atoms with E-state index in [1.807, 2.05) is 39.1 Å². The van der Waals surface area contributed by atoms with E-state index in [9.17, 15) is 14.0 Å². The Hall–Kier alpha value is -2.25. The second kappa shape index (κ2) is 11.3. The van der Waals surface area contributed by atoms with Crippen molar-refractivity contribution in [2.24, 2.45) is 5.41 Å². The maximum absolute atomic E-state index is 13.5. The standard InChI is InChI=1S/C26H36FN3O2S/c1-20-11-16-33-23(20)18-30(17-21-7-9-22(27)10-8-21)24(31)19-29(25(32)26(2,3)4)15-14-28-12-5-6-13-28/h7-11,16H,5-6,12-15,17-19H2,1-4H3. The van der Waals surface area contributed by atoms with Gasteiger partial charge >= 0.3 is 0 Å². The minimum Gasteiger partial charge on any atom is -0.332 e. The maximum Gasteiger partial charge on any atom is 0.242 e. The fraction of sp³-hybridized carbons (Fsp3) is 0.538. The van der Waals surface area contributed by atoms with Crippen molar-refractivity contribution < 1.29 is 14.0 Å². The summed E-state index contributed by atoms with van der Waals surface area (Å²) in [5.41, 5.74) is 1.45. The fourth-order valence-electron chi connectivity index (χ4n) is 4.04. The van der Waals surface area contributed by atoms with Crippen molar-refractivity contribution in [2.75, 3.05) is 32.7 Å². The molecule has 7 heteroatoms. The van der Waals surface area contributed by atoms with Crippen molar-refractivity contribution in [3.63, 3.8) is 0 Å². The minimum absolute atomic E-state index is 0.0101. The Balaban J connectivity index is 1.77. The molecule has 2 aromatic rings. The highest BCUT2D eigenvalue weighted by molar-refractivity contribution is 7.10. The Morgan fingerprint density at radius 1 is 1.03 bits per heavy atom. The lowest BCUT2D eigenvalue weighted by atomic mass is 9.94. The first-order valence-electron chi connectivity index (χ1n) is 11.7. The summed E-state index contributed by atoms with van der Waals surface area (Å²) < 4.78 is 13.4. The van der Waals surface area contributed by atoms with Crippen LogP contribution >= 0.6 is 11.3 Å². The molecule has 0 atom stereocenters. The molecule has 1 aliphatic rings. The summed E-state index contributed by atoms with van der Waals surface area (Å²) in [6.07, 6.45) is 2.38. The van der Waals surface area contributed by atoms with Gasteiger partial charge in [0, 0.05) is 29.9 Å². The molecule has 1 aliphatic heterocycles. The summed E-state index contributed by atoms with van der Waals surface area (Å²) in [5.74, 6) is -0.398. The third kappa shape index (κ3) is 7.37. The third-order valence-corrected chi connectivity index (χ3v) is 7.09. The number of amides is 2. The van der Waals surface area contributed by atoms with Crippen LogP contribution in [0.5, 0.6) is 0 Å². The molecule has 1 fully saturated rings. The third-order valence-electron chi connectivity index (χ3n) is 6.08. The lowest BCUT2D eigenvalue weighted by Gasteiger charge is -2.32. The van der Waals surface area contributed by atoms with Gasteiger partial charge in [0.15, 0.2) is 0 Å². The first kappa shape index (κ1) is 25.4. The average Bonchev–Trinajstić information content (AvgIpc) is 3.42. The first-order valence-corrected chi connectivity index (χ1v) is 12.6. The van der Waals surface area contributed by atoms with Gasteiger partial charge in [0.1, 0.15) is 5.82 Å². The number of aryl methyl sites for hydroxylation is 1. The van der Waals surface area contributed by atoms with Crippen molar-refractivity contribution in [1.29, 1.82) is 0 Å². The van der Waals surface area contributed by atoms with Crippen LogP contribution in [-0.4, -0.2) is 59.2 Å². The second-order valence-corrected chi connectivity index (χ2v) is 10.9. The Bertz CT molecular complexity index is 930. The summed E-state index contributed by atoms with van der Waals surface area (Å²) in [4.78, 5) is 33.7. The molecule has 1 saturated heterocycles. The summed E-state index contributed by atoms with van der Waals surface area (Å²) in [5, 5.41) is 2.02. The second-order valence-electron chi connectivity index (χ2n) is 9.93. The number of halogens is 1. The quantitative estimate of drug-likeness (QED) is 0.531. The van der Waals surface area contributed by atoms with E-state index in [-0.39, 0.29) is 24.2 Å². The zero-order valence-corrected chi connectivity index (χ0v) is 21.1. The highest BCUT2D eigenvalue weighted by Gasteiger charge is 2.30. The number of hydrogen-bond acceptors (Lipinski definition) is 4. The molecule has 0 bridgehead atoms. The molecule has 5 nitrogen and oxygen atoms in total. The molecular formula is C26H36FN3O2S. The van der Waals surface area contributed by atoms with E-state index < -0.39 is 5.41 Å². The predicted octanol–water partition coefficient (Wildman–Crippen LogP) is 4.69. The van der Waals surface area contributed by atoms with Gasteiger partial charge in [-0.15, -0.1) is 11.3 Å². The van der Waals surface area contributed by atoms with Gasteiger partial charge in [-0.2, -0.15) is 0 Å². The van der Waals surface area contributed by atoms with Crippen molar-refractivity contribution in [3.8, 4) is 0 Å². The van der Waals surface area contributed by atoms with Crippen LogP contribution in [0.3, 0.4) is 0 Å². The lowest BCUT2D eigenvalue weighted by molar-refractivity contribution is -0.146. The van der Waals surface area contributed by atoms with Gasteiger partial charge < -0.3 is 14.7 Å². The van der Waals surface area contributed by atoms with Crippen molar-refractivity contribution >= 4 is 23.2 Å². The molecule has 180 valence electrons. The predicted molar refractivity (Wildman–Crippen MR) is 131 cm³/mol. The molecule has 0 unspecified atom stereocenters. The zero-order valence-electron chi connectivity index (χ0n) is 20.3. The fourth-order valence-corrected chi connectivity index (χ4v) is 4.96. The highest BCUT2D eigenvalue weighted by Crippen LogP contribution is 2.21. The molecule has 0 aliphatic carbocycles. The largest absolute Gasteiger partial charge is 0.332 e. The summed E-state index contributed by atoms with van der Waals surface area (Å²) in [6.45, 7) is 12.1. The number of hydrogen-bond donors (Lipinski definition) is 0. The molecule has 0 radical (unpaired) electrons. The molecule has 1 aromatic carbocycles. The number of nitrogens with zero attached hydrogens (tertiary/aromatic N) is 3. The van der Waals surface area contributed by atoms with Crippen molar-refractivity contribution in [2.45, 2.75) is 53.6 Å². The zero-order chi connectivity index (χ0) is 24.0. The molecule has 1 aromatic heterocycles. The smallest absolute Gasteiger partial charge is 0.242 e. The lowest BCUT2D eigenvalue weighted by Crippen LogP contribution is -2.48. The van der Waals surface area contributed by atoms with Crippen molar-refractivity contribution in [3.05, 3.63) is 57.5 Å². The van der Waals surface area contributed by atoms with E-state index in [0.717, 1.165) is 35.6 Å². The first-order chi connectivity index (χ1) is 15.6. The molecule has 2 heterocycles. The number of benzene rings is 1. The Morgan fingerprint density at radius 3 is 2.27 bits per heavy atom. The Kier molecular flexibility index (Phi) is 8.65. The van der Waals surface area contributed by atoms with Crippen LogP contribution < -0.4 is 0 Å². The molecule has 2 amide bonds. The van der Waals surface area contributed by atoms with E-state index in [2.05, 4.69) is 4.90 Å². The number of carbonyl (C=O) groups is 2. The van der Waals surface area contributed by atoms with E-state index >= 15 is 0 Å². The van der Waals surface area contributed by atoms with Crippen LogP contribution in [0.15, 0.2) is 35.7 Å². The Morgan fingerprint density at radius 2 is 1.70 bits per heavy atom. The van der Waals surface area contributed by atoms with Crippen LogP contribution in [0.2, 0.25) is 0 Å². The topological polar surface area (TPSA) is 43.9 Å². The van der Waals surface area contributed by atoms with E-state index in [4.69, 9.17) is 0 Å². The molecule has 3 rings (SSSR count). The van der Waals surface area contributed by atoms with Crippen LogP contribution in [0, 0.1) is 18.2 Å². The van der Waals surface area contributed by atoms with Crippen LogP contribution in [0.4, 0.5) is 4.39 Å². The normalized spacial score (nSPS) is 14.5. The van der Waals surface area contributed by atoms with Crippen LogP contribution in [0.1, 0.15) is 49.6 Å². The number of likely N-dealkylation sites (tertiary alicyclic amines) is 1. The molecule has 0 saturated carbocycles. The number of carbonyl (C=O) groups excluding carboxylic acids is 2. The van der Waals surface area contributed by atoms with Crippen molar-refractivity contribution in [1.82, 2.24) is 14.7 Å². The maximum atomic E-state index is 13.5. The molecule has 0 spiro atoms. The molecular weight excluding hydrogens is 437 g/mol. The van der Waals surface area contributed by atoms with Gasteiger partial charge in [-0.1, -0.05) is 32.9 Å². The van der Waals surface area contributed by atoms with Gasteiger partial charge in [-0.3, -0.25) is 9.59 Å². The monoisotopic (exact) mass is 473 g/mol. The highest BCUT2D eigenvalue weighted by atomic mass is 32.1. The average molecular weight is 474 g/mol. The van der Waals surface area contributed by atoms with Crippen LogP contribution in [0.25, 0.3) is 0 Å². The van der Waals surface area contributed by atoms with Crippen LogP contribution in [-0.2, 0) is 22.7 Å². The van der Waals surface area contributed by atoms with E-state index in [1.54, 1.807) is 33.3 Å².